The minimum atomic E-state index is 0.0262. The molecule has 1 fully saturated rings. The second-order valence-corrected chi connectivity index (χ2v) is 6.69. The number of halogens is 1. The van der Waals surface area contributed by atoms with E-state index in [0.717, 1.165) is 36.9 Å². The maximum absolute atomic E-state index is 12.6. The van der Waals surface area contributed by atoms with E-state index >= 15 is 0 Å². The standard InChI is InChI=1S/C16H23BrN2O2/c1-18-8-6-12(7-9-18)11-19(2)16(20)14-5-4-13(17)10-15(14)21-3/h4-5,10,12H,6-9,11H2,1-3H3. The number of ether oxygens (including phenoxy) is 1. The van der Waals surface area contributed by atoms with E-state index in [1.165, 1.54) is 0 Å². The zero-order valence-electron chi connectivity index (χ0n) is 12.9. The summed E-state index contributed by atoms with van der Waals surface area (Å²) in [7, 11) is 5.62. The fraction of sp³-hybridized carbons (Fsp3) is 0.562. The van der Waals surface area contributed by atoms with Gasteiger partial charge in [0.15, 0.2) is 0 Å². The number of carbonyl (C=O) groups excluding carboxylic acids is 1. The van der Waals surface area contributed by atoms with Crippen LogP contribution < -0.4 is 4.74 Å². The van der Waals surface area contributed by atoms with Gasteiger partial charge < -0.3 is 14.5 Å². The number of piperidine rings is 1. The van der Waals surface area contributed by atoms with Crippen LogP contribution >= 0.6 is 15.9 Å². The summed E-state index contributed by atoms with van der Waals surface area (Å²) in [6.07, 6.45) is 2.32. The normalized spacial score (nSPS) is 16.8. The van der Waals surface area contributed by atoms with Gasteiger partial charge in [-0.2, -0.15) is 0 Å². The van der Waals surface area contributed by atoms with Gasteiger partial charge in [0.05, 0.1) is 12.7 Å². The Labute approximate surface area is 135 Å². The van der Waals surface area contributed by atoms with E-state index in [1.807, 2.05) is 30.1 Å². The molecule has 0 aromatic heterocycles. The van der Waals surface area contributed by atoms with E-state index in [2.05, 4.69) is 27.9 Å². The number of amides is 1. The highest BCUT2D eigenvalue weighted by atomic mass is 79.9. The largest absolute Gasteiger partial charge is 0.496 e. The topological polar surface area (TPSA) is 32.8 Å². The summed E-state index contributed by atoms with van der Waals surface area (Å²) in [6.45, 7) is 3.05. The van der Waals surface area contributed by atoms with Crippen LogP contribution in [0.4, 0.5) is 0 Å². The minimum absolute atomic E-state index is 0.0262. The zero-order valence-corrected chi connectivity index (χ0v) is 14.5. The molecular weight excluding hydrogens is 332 g/mol. The summed E-state index contributed by atoms with van der Waals surface area (Å²) in [5, 5.41) is 0. The molecule has 21 heavy (non-hydrogen) atoms. The molecule has 1 amide bonds. The molecule has 0 unspecified atom stereocenters. The van der Waals surface area contributed by atoms with Crippen LogP contribution in [-0.2, 0) is 0 Å². The van der Waals surface area contributed by atoms with Crippen LogP contribution in [0.15, 0.2) is 22.7 Å². The zero-order chi connectivity index (χ0) is 15.4. The Morgan fingerprint density at radius 3 is 2.71 bits per heavy atom. The quantitative estimate of drug-likeness (QED) is 0.833. The van der Waals surface area contributed by atoms with Crippen LogP contribution in [0.2, 0.25) is 0 Å². The molecule has 1 heterocycles. The Balaban J connectivity index is 2.02. The predicted molar refractivity (Wildman–Crippen MR) is 87.9 cm³/mol. The average Bonchev–Trinajstić information content (AvgIpc) is 2.48. The molecule has 116 valence electrons. The van der Waals surface area contributed by atoms with Gasteiger partial charge in [-0.25, -0.2) is 0 Å². The van der Waals surface area contributed by atoms with Crippen molar-refractivity contribution in [2.75, 3.05) is 40.8 Å². The predicted octanol–water partition coefficient (Wildman–Crippen LogP) is 2.87. The van der Waals surface area contributed by atoms with Gasteiger partial charge in [0.1, 0.15) is 5.75 Å². The molecule has 0 aliphatic carbocycles. The van der Waals surface area contributed by atoms with Crippen molar-refractivity contribution in [3.05, 3.63) is 28.2 Å². The molecule has 0 N–H and O–H groups in total. The monoisotopic (exact) mass is 354 g/mol. The van der Waals surface area contributed by atoms with E-state index in [9.17, 15) is 4.79 Å². The highest BCUT2D eigenvalue weighted by molar-refractivity contribution is 9.10. The Kier molecular flexibility index (Phi) is 5.65. The maximum atomic E-state index is 12.6. The van der Waals surface area contributed by atoms with Crippen molar-refractivity contribution >= 4 is 21.8 Å². The Bertz CT molecular complexity index is 499. The summed E-state index contributed by atoms with van der Waals surface area (Å²) in [6, 6.07) is 5.52. The van der Waals surface area contributed by atoms with E-state index in [-0.39, 0.29) is 5.91 Å². The van der Waals surface area contributed by atoms with Crippen molar-refractivity contribution in [3.8, 4) is 5.75 Å². The number of methoxy groups -OCH3 is 1. The molecule has 1 saturated heterocycles. The highest BCUT2D eigenvalue weighted by Crippen LogP contribution is 2.25. The first-order chi connectivity index (χ1) is 10.0. The van der Waals surface area contributed by atoms with Crippen molar-refractivity contribution in [3.63, 3.8) is 0 Å². The fourth-order valence-corrected chi connectivity index (χ4v) is 3.10. The fourth-order valence-electron chi connectivity index (χ4n) is 2.76. The van der Waals surface area contributed by atoms with Gasteiger partial charge in [0.2, 0.25) is 0 Å². The summed E-state index contributed by atoms with van der Waals surface area (Å²) in [4.78, 5) is 16.8. The molecule has 0 saturated carbocycles. The number of hydrogen-bond acceptors (Lipinski definition) is 3. The van der Waals surface area contributed by atoms with Crippen LogP contribution in [0.5, 0.6) is 5.75 Å². The van der Waals surface area contributed by atoms with Crippen LogP contribution in [-0.4, -0.2) is 56.5 Å². The summed E-state index contributed by atoms with van der Waals surface area (Å²) >= 11 is 3.40. The first-order valence-corrected chi connectivity index (χ1v) is 8.08. The van der Waals surface area contributed by atoms with Crippen molar-refractivity contribution in [1.29, 1.82) is 0 Å². The Hall–Kier alpha value is -1.07. The van der Waals surface area contributed by atoms with Gasteiger partial charge in [-0.1, -0.05) is 15.9 Å². The first kappa shape index (κ1) is 16.3. The molecule has 1 aliphatic rings. The van der Waals surface area contributed by atoms with E-state index in [0.29, 0.717) is 17.2 Å². The van der Waals surface area contributed by atoms with Crippen molar-refractivity contribution in [1.82, 2.24) is 9.80 Å². The maximum Gasteiger partial charge on any atom is 0.257 e. The minimum Gasteiger partial charge on any atom is -0.496 e. The third-order valence-corrected chi connectivity index (χ3v) is 4.60. The average molecular weight is 355 g/mol. The van der Waals surface area contributed by atoms with Crippen LogP contribution in [0.25, 0.3) is 0 Å². The number of benzene rings is 1. The van der Waals surface area contributed by atoms with Crippen molar-refractivity contribution < 1.29 is 9.53 Å². The van der Waals surface area contributed by atoms with E-state index in [4.69, 9.17) is 4.74 Å². The lowest BCUT2D eigenvalue weighted by atomic mass is 9.96. The van der Waals surface area contributed by atoms with Crippen LogP contribution in [0.3, 0.4) is 0 Å². The molecule has 1 aromatic carbocycles. The van der Waals surface area contributed by atoms with Gasteiger partial charge in [0, 0.05) is 18.1 Å². The van der Waals surface area contributed by atoms with Crippen molar-refractivity contribution in [2.45, 2.75) is 12.8 Å². The van der Waals surface area contributed by atoms with E-state index < -0.39 is 0 Å². The number of carbonyl (C=O) groups is 1. The molecule has 5 heteroatoms. The molecule has 0 radical (unpaired) electrons. The number of nitrogens with zero attached hydrogens (tertiary/aromatic N) is 2. The van der Waals surface area contributed by atoms with E-state index in [1.54, 1.807) is 7.11 Å². The third-order valence-electron chi connectivity index (χ3n) is 4.11. The Morgan fingerprint density at radius 1 is 1.43 bits per heavy atom. The second-order valence-electron chi connectivity index (χ2n) is 5.78. The van der Waals surface area contributed by atoms with Gasteiger partial charge in [-0.15, -0.1) is 0 Å². The molecule has 0 atom stereocenters. The van der Waals surface area contributed by atoms with Crippen LogP contribution in [0, 0.1) is 5.92 Å². The SMILES string of the molecule is COc1cc(Br)ccc1C(=O)N(C)CC1CCN(C)CC1. The summed E-state index contributed by atoms with van der Waals surface area (Å²) in [5.41, 5.74) is 0.621. The summed E-state index contributed by atoms with van der Waals surface area (Å²) in [5.74, 6) is 1.24. The molecule has 1 aromatic rings. The highest BCUT2D eigenvalue weighted by Gasteiger charge is 2.22. The van der Waals surface area contributed by atoms with Gasteiger partial charge in [0.25, 0.3) is 5.91 Å². The van der Waals surface area contributed by atoms with Crippen molar-refractivity contribution in [2.24, 2.45) is 5.92 Å². The summed E-state index contributed by atoms with van der Waals surface area (Å²) < 4.78 is 6.23. The number of hydrogen-bond donors (Lipinski definition) is 0. The van der Waals surface area contributed by atoms with Gasteiger partial charge >= 0.3 is 0 Å². The number of rotatable bonds is 4. The second kappa shape index (κ2) is 7.27. The molecular formula is C16H23BrN2O2. The number of likely N-dealkylation sites (tertiary alicyclic amines) is 1. The smallest absolute Gasteiger partial charge is 0.257 e. The van der Waals surface area contributed by atoms with Gasteiger partial charge in [-0.05, 0) is 57.1 Å². The molecule has 2 rings (SSSR count). The lowest BCUT2D eigenvalue weighted by Crippen LogP contribution is -2.38. The molecule has 0 spiro atoms. The molecule has 1 aliphatic heterocycles. The lowest BCUT2D eigenvalue weighted by molar-refractivity contribution is 0.0744. The first-order valence-electron chi connectivity index (χ1n) is 7.28. The van der Waals surface area contributed by atoms with Crippen LogP contribution in [0.1, 0.15) is 23.2 Å². The molecule has 0 bridgehead atoms. The Morgan fingerprint density at radius 2 is 2.10 bits per heavy atom. The van der Waals surface area contributed by atoms with Gasteiger partial charge in [-0.3, -0.25) is 4.79 Å². The molecule has 4 nitrogen and oxygen atoms in total. The lowest BCUT2D eigenvalue weighted by Gasteiger charge is -2.31. The third kappa shape index (κ3) is 4.20.